The molecule has 0 bridgehead atoms. The van der Waals surface area contributed by atoms with Crippen molar-refractivity contribution in [2.45, 2.75) is 59.6 Å². The minimum Gasteiger partial charge on any atom is -0.457 e. The van der Waals surface area contributed by atoms with E-state index in [9.17, 15) is 9.59 Å². The van der Waals surface area contributed by atoms with Gasteiger partial charge in [0.2, 0.25) is 5.78 Å². The number of ether oxygens (including phenoxy) is 2. The van der Waals surface area contributed by atoms with Crippen LogP contribution in [0.5, 0.6) is 0 Å². The summed E-state index contributed by atoms with van der Waals surface area (Å²) in [4.78, 5) is 24.7. The van der Waals surface area contributed by atoms with Gasteiger partial charge in [-0.05, 0) is 63.3 Å². The van der Waals surface area contributed by atoms with Gasteiger partial charge >= 0.3 is 5.97 Å². The molecule has 0 radical (unpaired) electrons. The van der Waals surface area contributed by atoms with E-state index in [-0.39, 0.29) is 30.9 Å². The molecular formula is C23H29NO4. The highest BCUT2D eigenvalue weighted by molar-refractivity contribution is 5.99. The lowest BCUT2D eigenvalue weighted by atomic mass is 10.0. The number of Topliss-reactive ketones (excluding diaryl/α,β-unsaturated/α-hetero) is 1. The van der Waals surface area contributed by atoms with Crippen molar-refractivity contribution in [1.82, 2.24) is 4.57 Å². The first-order valence-electron chi connectivity index (χ1n) is 9.88. The Morgan fingerprint density at radius 3 is 2.61 bits per heavy atom. The molecule has 3 rings (SSSR count). The number of hydrogen-bond acceptors (Lipinski definition) is 4. The van der Waals surface area contributed by atoms with Crippen molar-refractivity contribution >= 4 is 11.8 Å². The van der Waals surface area contributed by atoms with Crippen LogP contribution in [-0.2, 0) is 27.2 Å². The van der Waals surface area contributed by atoms with Crippen LogP contribution < -0.4 is 0 Å². The maximum absolute atomic E-state index is 12.6. The molecule has 1 aliphatic heterocycles. The van der Waals surface area contributed by atoms with Crippen LogP contribution in [0.1, 0.15) is 51.3 Å². The maximum atomic E-state index is 12.6. The Labute approximate surface area is 166 Å². The van der Waals surface area contributed by atoms with Gasteiger partial charge < -0.3 is 14.0 Å². The number of ketones is 1. The summed E-state index contributed by atoms with van der Waals surface area (Å²) in [5, 5.41) is 0. The molecule has 1 fully saturated rings. The zero-order valence-electron chi connectivity index (χ0n) is 17.2. The van der Waals surface area contributed by atoms with E-state index in [1.165, 1.54) is 5.56 Å². The van der Waals surface area contributed by atoms with Crippen LogP contribution in [0.25, 0.3) is 0 Å². The van der Waals surface area contributed by atoms with Crippen LogP contribution in [0, 0.1) is 27.7 Å². The minimum absolute atomic E-state index is 0.167. The first kappa shape index (κ1) is 20.3. The molecule has 0 amide bonds. The van der Waals surface area contributed by atoms with E-state index in [0.29, 0.717) is 5.56 Å². The minimum atomic E-state index is -0.384. The Morgan fingerprint density at radius 1 is 1.14 bits per heavy atom. The molecule has 2 aromatic rings. The predicted octanol–water partition coefficient (Wildman–Crippen LogP) is 3.87. The molecule has 0 aliphatic carbocycles. The number of hydrogen-bond donors (Lipinski definition) is 0. The summed E-state index contributed by atoms with van der Waals surface area (Å²) < 4.78 is 13.1. The van der Waals surface area contributed by atoms with E-state index in [0.717, 1.165) is 48.5 Å². The molecule has 2 heterocycles. The van der Waals surface area contributed by atoms with E-state index in [1.54, 1.807) is 0 Å². The number of nitrogens with zero attached hydrogens (tertiary/aromatic N) is 1. The van der Waals surface area contributed by atoms with Gasteiger partial charge in [-0.2, -0.15) is 0 Å². The van der Waals surface area contributed by atoms with Crippen LogP contribution in [0.3, 0.4) is 0 Å². The molecule has 28 heavy (non-hydrogen) atoms. The number of benzene rings is 1. The lowest BCUT2D eigenvalue weighted by Gasteiger charge is -2.14. The third-order valence-corrected chi connectivity index (χ3v) is 5.57. The Bertz CT molecular complexity index is 875. The lowest BCUT2D eigenvalue weighted by Crippen LogP contribution is -2.18. The number of aryl methyl sites for hydroxylation is 3. The second kappa shape index (κ2) is 8.74. The lowest BCUT2D eigenvalue weighted by molar-refractivity contribution is -0.141. The average Bonchev–Trinajstić information content (AvgIpc) is 3.26. The number of carbonyl (C=O) groups excluding carboxylic acids is 2. The van der Waals surface area contributed by atoms with Gasteiger partial charge in [-0.1, -0.05) is 18.2 Å². The van der Waals surface area contributed by atoms with Gasteiger partial charge in [0.25, 0.3) is 0 Å². The smallest absolute Gasteiger partial charge is 0.310 e. The molecule has 0 unspecified atom stereocenters. The van der Waals surface area contributed by atoms with Gasteiger partial charge in [-0.3, -0.25) is 9.59 Å². The van der Waals surface area contributed by atoms with Gasteiger partial charge in [0, 0.05) is 30.1 Å². The van der Waals surface area contributed by atoms with Crippen molar-refractivity contribution in [3.05, 3.63) is 57.9 Å². The highest BCUT2D eigenvalue weighted by atomic mass is 16.5. The van der Waals surface area contributed by atoms with Crippen molar-refractivity contribution in [1.29, 1.82) is 0 Å². The SMILES string of the molecule is Cc1ccc(CC(=O)OCC(=O)c2cc(C)n(C[C@H]3CCCO3)c2C)cc1C. The zero-order valence-corrected chi connectivity index (χ0v) is 17.2. The van der Waals surface area contributed by atoms with Gasteiger partial charge in [0.15, 0.2) is 6.61 Å². The Kier molecular flexibility index (Phi) is 6.35. The second-order valence-corrected chi connectivity index (χ2v) is 7.71. The first-order valence-corrected chi connectivity index (χ1v) is 9.88. The monoisotopic (exact) mass is 383 g/mol. The summed E-state index contributed by atoms with van der Waals surface area (Å²) in [5.41, 5.74) is 5.77. The third kappa shape index (κ3) is 4.71. The highest BCUT2D eigenvalue weighted by Gasteiger charge is 2.21. The van der Waals surface area contributed by atoms with Crippen molar-refractivity contribution in [3.8, 4) is 0 Å². The van der Waals surface area contributed by atoms with Crippen LogP contribution >= 0.6 is 0 Å². The van der Waals surface area contributed by atoms with Crippen LogP contribution in [-0.4, -0.2) is 35.6 Å². The summed E-state index contributed by atoms with van der Waals surface area (Å²) in [6.07, 6.45) is 2.53. The quantitative estimate of drug-likeness (QED) is 0.538. The van der Waals surface area contributed by atoms with Gasteiger partial charge in [0.05, 0.1) is 12.5 Å². The molecule has 1 aromatic carbocycles. The molecule has 0 saturated carbocycles. The summed E-state index contributed by atoms with van der Waals surface area (Å²) in [6.45, 7) is 9.32. The number of carbonyl (C=O) groups is 2. The molecule has 1 saturated heterocycles. The molecule has 5 heteroatoms. The van der Waals surface area contributed by atoms with Gasteiger partial charge in [-0.15, -0.1) is 0 Å². The van der Waals surface area contributed by atoms with Gasteiger partial charge in [-0.25, -0.2) is 0 Å². The van der Waals surface area contributed by atoms with Crippen molar-refractivity contribution in [3.63, 3.8) is 0 Å². The molecule has 1 atom stereocenters. The molecule has 0 N–H and O–H groups in total. The van der Waals surface area contributed by atoms with E-state index < -0.39 is 0 Å². The fourth-order valence-electron chi connectivity index (χ4n) is 3.71. The Morgan fingerprint density at radius 2 is 1.93 bits per heavy atom. The first-order chi connectivity index (χ1) is 13.3. The average molecular weight is 383 g/mol. The standard InChI is InChI=1S/C23H29NO4/c1-15-7-8-19(10-16(15)2)12-23(26)28-14-22(25)21-11-17(3)24(18(21)4)13-20-6-5-9-27-20/h7-8,10-11,20H,5-6,9,12-14H2,1-4H3/t20-/m1/s1. The summed E-state index contributed by atoms with van der Waals surface area (Å²) in [7, 11) is 0. The van der Waals surface area contributed by atoms with Crippen molar-refractivity contribution < 1.29 is 19.1 Å². The summed E-state index contributed by atoms with van der Waals surface area (Å²) >= 11 is 0. The Balaban J connectivity index is 1.58. The van der Waals surface area contributed by atoms with Crippen LogP contribution in [0.2, 0.25) is 0 Å². The van der Waals surface area contributed by atoms with E-state index in [1.807, 2.05) is 52.0 Å². The van der Waals surface area contributed by atoms with E-state index >= 15 is 0 Å². The summed E-state index contributed by atoms with van der Waals surface area (Å²) in [6, 6.07) is 7.77. The molecule has 0 spiro atoms. The molecule has 1 aliphatic rings. The van der Waals surface area contributed by atoms with Crippen LogP contribution in [0.4, 0.5) is 0 Å². The molecule has 150 valence electrons. The van der Waals surface area contributed by atoms with Gasteiger partial charge in [0.1, 0.15) is 0 Å². The predicted molar refractivity (Wildman–Crippen MR) is 108 cm³/mol. The zero-order chi connectivity index (χ0) is 20.3. The number of aromatic nitrogens is 1. The fraction of sp³-hybridized carbons (Fsp3) is 0.478. The Hall–Kier alpha value is -2.40. The number of rotatable bonds is 7. The van der Waals surface area contributed by atoms with Crippen molar-refractivity contribution in [2.75, 3.05) is 13.2 Å². The normalized spacial score (nSPS) is 16.4. The van der Waals surface area contributed by atoms with E-state index in [2.05, 4.69) is 4.57 Å². The fourth-order valence-corrected chi connectivity index (χ4v) is 3.71. The largest absolute Gasteiger partial charge is 0.457 e. The third-order valence-electron chi connectivity index (χ3n) is 5.57. The van der Waals surface area contributed by atoms with E-state index in [4.69, 9.17) is 9.47 Å². The van der Waals surface area contributed by atoms with Crippen molar-refractivity contribution in [2.24, 2.45) is 0 Å². The summed E-state index contributed by atoms with van der Waals surface area (Å²) in [5.74, 6) is -0.551. The topological polar surface area (TPSA) is 57.5 Å². The van der Waals surface area contributed by atoms with Crippen LogP contribution in [0.15, 0.2) is 24.3 Å². The second-order valence-electron chi connectivity index (χ2n) is 7.71. The number of esters is 1. The molecular weight excluding hydrogens is 354 g/mol. The molecule has 1 aromatic heterocycles. The maximum Gasteiger partial charge on any atom is 0.310 e. The highest BCUT2D eigenvalue weighted by Crippen LogP contribution is 2.21. The molecule has 5 nitrogen and oxygen atoms in total.